The van der Waals surface area contributed by atoms with Gasteiger partial charge in [0.2, 0.25) is 0 Å². The molecule has 3 aromatic rings. The summed E-state index contributed by atoms with van der Waals surface area (Å²) in [5, 5.41) is 0.172. The highest BCUT2D eigenvalue weighted by Crippen LogP contribution is 2.49. The summed E-state index contributed by atoms with van der Waals surface area (Å²) >= 11 is 12.0. The van der Waals surface area contributed by atoms with Crippen LogP contribution in [0.15, 0.2) is 59.5 Å². The van der Waals surface area contributed by atoms with Crippen molar-refractivity contribution in [2.45, 2.75) is 17.4 Å². The Bertz CT molecular complexity index is 1350. The Morgan fingerprint density at radius 2 is 1.78 bits per heavy atom. The van der Waals surface area contributed by atoms with Crippen molar-refractivity contribution in [1.29, 1.82) is 0 Å². The predicted octanol–water partition coefficient (Wildman–Crippen LogP) is 5.75. The molecule has 5 nitrogen and oxygen atoms in total. The fourth-order valence-corrected chi connectivity index (χ4v) is 5.83. The fourth-order valence-electron chi connectivity index (χ4n) is 3.79. The van der Waals surface area contributed by atoms with Gasteiger partial charge >= 0.3 is 5.97 Å². The number of benzene rings is 3. The van der Waals surface area contributed by atoms with E-state index in [-0.39, 0.29) is 37.3 Å². The molecule has 166 valence electrons. The lowest BCUT2D eigenvalue weighted by molar-refractivity contribution is -0.141. The monoisotopic (exact) mass is 497 g/mol. The zero-order valence-electron chi connectivity index (χ0n) is 16.5. The van der Waals surface area contributed by atoms with E-state index in [0.717, 1.165) is 17.5 Å². The second kappa shape index (κ2) is 8.35. The van der Waals surface area contributed by atoms with E-state index in [0.29, 0.717) is 6.07 Å². The lowest BCUT2D eigenvalue weighted by atomic mass is 9.87. The van der Waals surface area contributed by atoms with Gasteiger partial charge in [0.15, 0.2) is 0 Å². The molecule has 0 saturated carbocycles. The summed E-state index contributed by atoms with van der Waals surface area (Å²) in [5.41, 5.74) is 0.405. The molecule has 10 heteroatoms. The minimum absolute atomic E-state index is 0.00948. The molecule has 1 atom stereocenters. The molecule has 1 heterocycles. The van der Waals surface area contributed by atoms with E-state index in [1.807, 2.05) is 0 Å². The molecule has 0 aromatic heterocycles. The van der Waals surface area contributed by atoms with Gasteiger partial charge in [-0.05, 0) is 35.9 Å². The van der Waals surface area contributed by atoms with Crippen LogP contribution in [0.4, 0.5) is 14.5 Å². The van der Waals surface area contributed by atoms with Crippen LogP contribution in [0.2, 0.25) is 10.0 Å². The molecule has 0 fully saturated rings. The summed E-state index contributed by atoms with van der Waals surface area (Å²) in [4.78, 5) is 12.0. The van der Waals surface area contributed by atoms with Crippen LogP contribution >= 0.6 is 23.2 Å². The average molecular weight is 498 g/mol. The summed E-state index contributed by atoms with van der Waals surface area (Å²) < 4.78 is 62.3. The van der Waals surface area contributed by atoms with Crippen LogP contribution in [0.5, 0.6) is 0 Å². The van der Waals surface area contributed by atoms with Crippen molar-refractivity contribution < 1.29 is 26.7 Å². The molecule has 4 rings (SSSR count). The van der Waals surface area contributed by atoms with Gasteiger partial charge in [0, 0.05) is 17.2 Å². The topological polar surface area (TPSA) is 63.7 Å². The number of sulfonamides is 1. The summed E-state index contributed by atoms with van der Waals surface area (Å²) in [7, 11) is -3.21. The molecule has 0 bridgehead atoms. The van der Waals surface area contributed by atoms with Crippen LogP contribution < -0.4 is 4.31 Å². The number of carbonyl (C=O) groups excluding carboxylic acids is 1. The summed E-state index contributed by atoms with van der Waals surface area (Å²) in [6.07, 6.45) is -0.471. The van der Waals surface area contributed by atoms with Gasteiger partial charge in [0.05, 0.1) is 40.2 Å². The van der Waals surface area contributed by atoms with Gasteiger partial charge in [-0.25, -0.2) is 17.2 Å². The Hall–Kier alpha value is -2.68. The molecule has 0 radical (unpaired) electrons. The Labute approximate surface area is 193 Å². The Kier molecular flexibility index (Phi) is 5.87. The zero-order chi connectivity index (χ0) is 23.2. The van der Waals surface area contributed by atoms with E-state index in [1.54, 1.807) is 12.1 Å². The maximum Gasteiger partial charge on any atom is 0.307 e. The van der Waals surface area contributed by atoms with Gasteiger partial charge in [0.25, 0.3) is 10.0 Å². The average Bonchev–Trinajstić information content (AvgIpc) is 2.75. The second-order valence-corrected chi connectivity index (χ2v) is 9.67. The number of ether oxygens (including phenoxy) is 1. The molecule has 3 aromatic carbocycles. The molecule has 0 amide bonds. The van der Waals surface area contributed by atoms with E-state index in [1.165, 1.54) is 30.3 Å². The van der Waals surface area contributed by atoms with Crippen molar-refractivity contribution in [2.24, 2.45) is 0 Å². The number of anilines is 1. The van der Waals surface area contributed by atoms with Crippen molar-refractivity contribution >= 4 is 44.9 Å². The summed E-state index contributed by atoms with van der Waals surface area (Å²) in [6, 6.07) is 10.5. The quantitative estimate of drug-likeness (QED) is 0.430. The third-order valence-corrected chi connectivity index (χ3v) is 7.73. The van der Waals surface area contributed by atoms with E-state index in [2.05, 4.69) is 0 Å². The minimum atomic E-state index is -4.35. The number of fused-ring (bicyclic) bond motifs is 3. The van der Waals surface area contributed by atoms with Crippen LogP contribution in [-0.4, -0.2) is 21.5 Å². The molecular weight excluding hydrogens is 483 g/mol. The lowest BCUT2D eigenvalue weighted by Gasteiger charge is -2.39. The number of hydrogen-bond donors (Lipinski definition) is 0. The largest absolute Gasteiger partial charge is 0.469 e. The zero-order valence-corrected chi connectivity index (χ0v) is 18.8. The number of halogens is 4. The minimum Gasteiger partial charge on any atom is -0.469 e. The molecule has 1 aliphatic rings. The normalized spacial score (nSPS) is 15.2. The van der Waals surface area contributed by atoms with Gasteiger partial charge in [-0.1, -0.05) is 41.4 Å². The van der Waals surface area contributed by atoms with Crippen molar-refractivity contribution in [3.63, 3.8) is 0 Å². The van der Waals surface area contributed by atoms with Crippen molar-refractivity contribution in [3.05, 3.63) is 81.8 Å². The molecule has 32 heavy (non-hydrogen) atoms. The van der Waals surface area contributed by atoms with E-state index in [4.69, 9.17) is 27.9 Å². The summed E-state index contributed by atoms with van der Waals surface area (Å²) in [6.45, 7) is 0. The number of carbonyl (C=O) groups is 1. The molecule has 0 spiro atoms. The van der Waals surface area contributed by atoms with Gasteiger partial charge < -0.3 is 4.74 Å². The van der Waals surface area contributed by atoms with Crippen LogP contribution in [0.1, 0.15) is 18.0 Å². The highest BCUT2D eigenvalue weighted by molar-refractivity contribution is 7.92. The Balaban J connectivity index is 2.03. The standard InChI is InChI=1S/C22H15Cl2F2NO4S/c1-31-21(28)11-20-15-8-12(25)9-18(26)22(15)14-4-2-3-5-19(14)27(20)32(29,30)13-6-7-16(23)17(24)10-13/h2-10,20H,11H2,1H3. The van der Waals surface area contributed by atoms with Crippen molar-refractivity contribution in [3.8, 4) is 11.1 Å². The fraction of sp³-hybridized carbons (Fsp3) is 0.136. The maximum atomic E-state index is 14.9. The molecule has 1 unspecified atom stereocenters. The molecule has 0 N–H and O–H groups in total. The first kappa shape index (κ1) is 22.5. The van der Waals surface area contributed by atoms with Crippen LogP contribution in [-0.2, 0) is 19.6 Å². The number of rotatable bonds is 4. The molecule has 1 aliphatic heterocycles. The first-order chi connectivity index (χ1) is 15.1. The van der Waals surface area contributed by atoms with E-state index >= 15 is 0 Å². The molecule has 0 aliphatic carbocycles. The van der Waals surface area contributed by atoms with E-state index in [9.17, 15) is 22.0 Å². The lowest BCUT2D eigenvalue weighted by Crippen LogP contribution is -2.39. The number of para-hydroxylation sites is 1. The maximum absolute atomic E-state index is 14.9. The van der Waals surface area contributed by atoms with Gasteiger partial charge in [-0.15, -0.1) is 0 Å². The first-order valence-corrected chi connectivity index (χ1v) is 11.5. The Morgan fingerprint density at radius 3 is 2.47 bits per heavy atom. The number of methoxy groups -OCH3 is 1. The van der Waals surface area contributed by atoms with Crippen molar-refractivity contribution in [2.75, 3.05) is 11.4 Å². The Morgan fingerprint density at radius 1 is 1.06 bits per heavy atom. The van der Waals surface area contributed by atoms with Crippen LogP contribution in [0.25, 0.3) is 11.1 Å². The SMILES string of the molecule is COC(=O)CC1c2cc(F)cc(F)c2-c2ccccc2N1S(=O)(=O)c1ccc(Cl)c(Cl)c1. The third kappa shape index (κ3) is 3.72. The second-order valence-electron chi connectivity index (χ2n) is 7.04. The number of nitrogens with zero attached hydrogens (tertiary/aromatic N) is 1. The molecular formula is C22H15Cl2F2NO4S. The highest BCUT2D eigenvalue weighted by atomic mass is 35.5. The molecule has 0 saturated heterocycles. The van der Waals surface area contributed by atoms with Gasteiger partial charge in [-0.3, -0.25) is 9.10 Å². The van der Waals surface area contributed by atoms with Crippen molar-refractivity contribution in [1.82, 2.24) is 0 Å². The smallest absolute Gasteiger partial charge is 0.307 e. The van der Waals surface area contributed by atoms with E-state index < -0.39 is 40.1 Å². The van der Waals surface area contributed by atoms with Gasteiger partial charge in [-0.2, -0.15) is 0 Å². The third-order valence-electron chi connectivity index (χ3n) is 5.17. The first-order valence-electron chi connectivity index (χ1n) is 9.29. The van der Waals surface area contributed by atoms with Crippen LogP contribution in [0, 0.1) is 11.6 Å². The summed E-state index contributed by atoms with van der Waals surface area (Å²) in [5.74, 6) is -2.52. The van der Waals surface area contributed by atoms with Gasteiger partial charge in [0.1, 0.15) is 11.6 Å². The van der Waals surface area contributed by atoms with Crippen LogP contribution in [0.3, 0.4) is 0 Å². The predicted molar refractivity (Wildman–Crippen MR) is 117 cm³/mol. The highest BCUT2D eigenvalue weighted by Gasteiger charge is 2.41. The number of esters is 1. The number of hydrogen-bond acceptors (Lipinski definition) is 4.